The molecule has 0 saturated carbocycles. The highest BCUT2D eigenvalue weighted by Crippen LogP contribution is 2.33. The maximum absolute atomic E-state index is 12.6. The molecule has 1 amide bonds. The van der Waals surface area contributed by atoms with E-state index in [1.807, 2.05) is 43.9 Å². The van der Waals surface area contributed by atoms with Gasteiger partial charge in [0, 0.05) is 36.4 Å². The highest BCUT2D eigenvalue weighted by molar-refractivity contribution is 5.96. The second-order valence-electron chi connectivity index (χ2n) is 8.25. The van der Waals surface area contributed by atoms with E-state index in [0.717, 1.165) is 16.9 Å². The fourth-order valence-corrected chi connectivity index (χ4v) is 3.20. The van der Waals surface area contributed by atoms with Crippen LogP contribution in [0.5, 0.6) is 5.75 Å². The molecule has 2 N–H and O–H groups in total. The Morgan fingerprint density at radius 1 is 1.03 bits per heavy atom. The molecule has 3 rings (SSSR count). The quantitative estimate of drug-likeness (QED) is 0.552. The molecule has 0 spiro atoms. The number of carbonyl (C=O) groups excluding carboxylic acids is 2. The van der Waals surface area contributed by atoms with Gasteiger partial charge in [-0.3, -0.25) is 9.78 Å². The molecule has 0 radical (unpaired) electrons. The van der Waals surface area contributed by atoms with Crippen molar-refractivity contribution in [2.45, 2.75) is 32.9 Å². The Hall–Kier alpha value is -3.87. The number of amides is 1. The summed E-state index contributed by atoms with van der Waals surface area (Å²) < 4.78 is 10.9. The van der Waals surface area contributed by atoms with Crippen molar-refractivity contribution in [3.8, 4) is 5.75 Å². The van der Waals surface area contributed by atoms with Gasteiger partial charge in [-0.15, -0.1) is 0 Å². The van der Waals surface area contributed by atoms with Gasteiger partial charge in [-0.2, -0.15) is 0 Å². The molecule has 0 aliphatic rings. The maximum atomic E-state index is 12.6. The Labute approximate surface area is 187 Å². The van der Waals surface area contributed by atoms with Crippen LogP contribution in [0.15, 0.2) is 67.0 Å². The van der Waals surface area contributed by atoms with Crippen LogP contribution in [0.3, 0.4) is 0 Å². The number of methoxy groups -OCH3 is 1. The predicted octanol–water partition coefficient (Wildman–Crippen LogP) is 4.48. The van der Waals surface area contributed by atoms with Crippen LogP contribution < -0.4 is 15.4 Å². The highest BCUT2D eigenvalue weighted by atomic mass is 16.6. The Morgan fingerprint density at radius 2 is 1.78 bits per heavy atom. The smallest absolute Gasteiger partial charge is 0.338 e. The SMILES string of the molecule is COc1cc(N(Cc2cccnc2)c2cccc(C(=O)OC(C)(C)C)c2)ccc1C(N)=O. The fourth-order valence-electron chi connectivity index (χ4n) is 3.20. The molecular weight excluding hydrogens is 406 g/mol. The molecule has 2 aromatic carbocycles. The Morgan fingerprint density at radius 3 is 2.41 bits per heavy atom. The molecule has 0 bridgehead atoms. The van der Waals surface area contributed by atoms with E-state index in [-0.39, 0.29) is 0 Å². The van der Waals surface area contributed by atoms with E-state index in [1.165, 1.54) is 7.11 Å². The highest BCUT2D eigenvalue weighted by Gasteiger charge is 2.20. The summed E-state index contributed by atoms with van der Waals surface area (Å²) in [6.07, 6.45) is 3.49. The standard InChI is InChI=1S/C25H27N3O4/c1-25(2,3)32-24(30)18-8-5-9-19(13-18)28(16-17-7-6-12-27-15-17)20-10-11-21(23(26)29)22(14-20)31-4/h5-15H,16H2,1-4H3,(H2,26,29). The normalized spacial score (nSPS) is 11.0. The molecule has 7 nitrogen and oxygen atoms in total. The Bertz CT molecular complexity index is 1110. The largest absolute Gasteiger partial charge is 0.496 e. The van der Waals surface area contributed by atoms with Crippen LogP contribution in [-0.2, 0) is 11.3 Å². The molecule has 166 valence electrons. The number of carbonyl (C=O) groups is 2. The molecule has 0 saturated heterocycles. The molecule has 32 heavy (non-hydrogen) atoms. The number of ether oxygens (including phenoxy) is 2. The van der Waals surface area contributed by atoms with Crippen molar-refractivity contribution in [2.24, 2.45) is 5.73 Å². The number of pyridine rings is 1. The van der Waals surface area contributed by atoms with Crippen molar-refractivity contribution in [3.05, 3.63) is 83.7 Å². The first kappa shape index (κ1) is 22.8. The first-order valence-corrected chi connectivity index (χ1v) is 10.2. The minimum absolute atomic E-state index is 0.292. The molecule has 0 unspecified atom stereocenters. The van der Waals surface area contributed by atoms with Crippen molar-refractivity contribution in [1.82, 2.24) is 4.98 Å². The van der Waals surface area contributed by atoms with Crippen LogP contribution in [0.2, 0.25) is 0 Å². The van der Waals surface area contributed by atoms with Crippen LogP contribution in [0.25, 0.3) is 0 Å². The van der Waals surface area contributed by atoms with Crippen molar-refractivity contribution in [2.75, 3.05) is 12.0 Å². The van der Waals surface area contributed by atoms with Gasteiger partial charge in [0.2, 0.25) is 0 Å². The van der Waals surface area contributed by atoms with Gasteiger partial charge < -0.3 is 20.1 Å². The average molecular weight is 434 g/mol. The maximum Gasteiger partial charge on any atom is 0.338 e. The number of nitrogens with zero attached hydrogens (tertiary/aromatic N) is 2. The summed E-state index contributed by atoms with van der Waals surface area (Å²) in [5.41, 5.74) is 8.09. The third-order valence-electron chi connectivity index (χ3n) is 4.62. The number of rotatable bonds is 7. The summed E-state index contributed by atoms with van der Waals surface area (Å²) in [6.45, 7) is 5.97. The predicted molar refractivity (Wildman–Crippen MR) is 123 cm³/mol. The first-order valence-electron chi connectivity index (χ1n) is 10.2. The van der Waals surface area contributed by atoms with Gasteiger partial charge in [-0.05, 0) is 62.7 Å². The number of primary amides is 1. The lowest BCUT2D eigenvalue weighted by atomic mass is 10.1. The Balaban J connectivity index is 2.05. The van der Waals surface area contributed by atoms with Crippen LogP contribution >= 0.6 is 0 Å². The Kier molecular flexibility index (Phi) is 6.78. The summed E-state index contributed by atoms with van der Waals surface area (Å²) in [5.74, 6) is -0.601. The zero-order valence-electron chi connectivity index (χ0n) is 18.7. The molecule has 0 fully saturated rings. The van der Waals surface area contributed by atoms with Crippen molar-refractivity contribution < 1.29 is 19.1 Å². The van der Waals surface area contributed by atoms with E-state index in [2.05, 4.69) is 4.98 Å². The minimum atomic E-state index is -0.597. The monoisotopic (exact) mass is 433 g/mol. The lowest BCUT2D eigenvalue weighted by molar-refractivity contribution is 0.00694. The van der Waals surface area contributed by atoms with Crippen LogP contribution in [0.4, 0.5) is 11.4 Å². The zero-order valence-corrected chi connectivity index (χ0v) is 18.7. The van der Waals surface area contributed by atoms with Gasteiger partial charge in [0.15, 0.2) is 0 Å². The number of nitrogens with two attached hydrogens (primary N) is 1. The van der Waals surface area contributed by atoms with E-state index in [1.54, 1.807) is 48.8 Å². The van der Waals surface area contributed by atoms with Crippen molar-refractivity contribution in [3.63, 3.8) is 0 Å². The molecular formula is C25H27N3O4. The van der Waals surface area contributed by atoms with Gasteiger partial charge in [0.05, 0.1) is 18.2 Å². The number of hydrogen-bond acceptors (Lipinski definition) is 6. The topological polar surface area (TPSA) is 94.8 Å². The summed E-state index contributed by atoms with van der Waals surface area (Å²) in [6, 6.07) is 16.2. The van der Waals surface area contributed by atoms with E-state index < -0.39 is 17.5 Å². The van der Waals surface area contributed by atoms with E-state index in [0.29, 0.717) is 23.4 Å². The van der Waals surface area contributed by atoms with E-state index in [9.17, 15) is 9.59 Å². The summed E-state index contributed by atoms with van der Waals surface area (Å²) in [4.78, 5) is 30.5. The van der Waals surface area contributed by atoms with Crippen LogP contribution in [0, 0.1) is 0 Å². The second-order valence-corrected chi connectivity index (χ2v) is 8.25. The van der Waals surface area contributed by atoms with Gasteiger partial charge >= 0.3 is 5.97 Å². The van der Waals surface area contributed by atoms with Crippen molar-refractivity contribution >= 4 is 23.3 Å². The van der Waals surface area contributed by atoms with Gasteiger partial charge in [0.25, 0.3) is 5.91 Å². The minimum Gasteiger partial charge on any atom is -0.496 e. The first-order chi connectivity index (χ1) is 15.2. The summed E-state index contributed by atoms with van der Waals surface area (Å²) in [5, 5.41) is 0. The fraction of sp³-hybridized carbons (Fsp3) is 0.240. The number of hydrogen-bond donors (Lipinski definition) is 1. The van der Waals surface area contributed by atoms with Crippen molar-refractivity contribution in [1.29, 1.82) is 0 Å². The molecule has 1 heterocycles. The van der Waals surface area contributed by atoms with Gasteiger partial charge in [0.1, 0.15) is 11.4 Å². The third kappa shape index (κ3) is 5.63. The number of esters is 1. The number of anilines is 2. The summed E-state index contributed by atoms with van der Waals surface area (Å²) in [7, 11) is 1.49. The number of benzene rings is 2. The van der Waals surface area contributed by atoms with Crippen LogP contribution in [0.1, 0.15) is 47.1 Å². The molecule has 0 atom stereocenters. The van der Waals surface area contributed by atoms with Gasteiger partial charge in [-0.1, -0.05) is 12.1 Å². The molecule has 1 aromatic heterocycles. The molecule has 7 heteroatoms. The average Bonchev–Trinajstić information content (AvgIpc) is 2.76. The lowest BCUT2D eigenvalue weighted by Gasteiger charge is -2.26. The zero-order chi connectivity index (χ0) is 23.3. The number of aromatic nitrogens is 1. The van der Waals surface area contributed by atoms with E-state index >= 15 is 0 Å². The van der Waals surface area contributed by atoms with Gasteiger partial charge in [-0.25, -0.2) is 4.79 Å². The molecule has 0 aliphatic carbocycles. The lowest BCUT2D eigenvalue weighted by Crippen LogP contribution is -2.24. The molecule has 3 aromatic rings. The summed E-state index contributed by atoms with van der Waals surface area (Å²) >= 11 is 0. The van der Waals surface area contributed by atoms with E-state index in [4.69, 9.17) is 15.2 Å². The molecule has 0 aliphatic heterocycles. The van der Waals surface area contributed by atoms with Crippen LogP contribution in [-0.4, -0.2) is 29.6 Å². The third-order valence-corrected chi connectivity index (χ3v) is 4.62. The second kappa shape index (κ2) is 9.51.